The normalized spacial score (nSPS) is 10.0. The third kappa shape index (κ3) is 3.65. The Labute approximate surface area is 116 Å². The lowest BCUT2D eigenvalue weighted by Crippen LogP contribution is -2.16. The molecular formula is C15H14N2O3. The van der Waals surface area contributed by atoms with Crippen molar-refractivity contribution in [2.24, 2.45) is 5.73 Å². The first-order valence-electron chi connectivity index (χ1n) is 6.16. The highest BCUT2D eigenvalue weighted by Crippen LogP contribution is 2.21. The Bertz CT molecular complexity index is 609. The van der Waals surface area contributed by atoms with Crippen molar-refractivity contribution in [3.63, 3.8) is 0 Å². The summed E-state index contributed by atoms with van der Waals surface area (Å²) in [6, 6.07) is 12.6. The maximum absolute atomic E-state index is 10.6. The Morgan fingerprint density at radius 3 is 2.60 bits per heavy atom. The van der Waals surface area contributed by atoms with Gasteiger partial charge in [-0.25, -0.2) is 4.79 Å². The maximum Gasteiger partial charge on any atom is 0.409 e. The first kappa shape index (κ1) is 13.7. The van der Waals surface area contributed by atoms with Gasteiger partial charge in [-0.15, -0.1) is 0 Å². The number of carbonyl (C=O) groups excluding carboxylic acids is 2. The van der Waals surface area contributed by atoms with Gasteiger partial charge in [-0.2, -0.15) is 0 Å². The van der Waals surface area contributed by atoms with Crippen LogP contribution in [0.1, 0.15) is 12.1 Å². The lowest BCUT2D eigenvalue weighted by atomic mass is 10.1. The number of benzene rings is 1. The predicted octanol–water partition coefficient (Wildman–Crippen LogP) is 2.34. The molecule has 1 aromatic heterocycles. The summed E-state index contributed by atoms with van der Waals surface area (Å²) in [5.41, 5.74) is 7.51. The number of pyridine rings is 1. The molecule has 0 aliphatic heterocycles. The van der Waals surface area contributed by atoms with Gasteiger partial charge in [0.1, 0.15) is 12.0 Å². The van der Waals surface area contributed by atoms with Crippen LogP contribution in [-0.2, 0) is 11.2 Å². The zero-order valence-corrected chi connectivity index (χ0v) is 10.8. The average Bonchev–Trinajstić information content (AvgIpc) is 2.45. The quantitative estimate of drug-likeness (QED) is 0.845. The first-order valence-corrected chi connectivity index (χ1v) is 6.16. The summed E-state index contributed by atoms with van der Waals surface area (Å²) in [5.74, 6) is 0.387. The molecule has 0 spiro atoms. The van der Waals surface area contributed by atoms with Crippen LogP contribution in [0.3, 0.4) is 0 Å². The number of nitrogens with two attached hydrogens (primary N) is 1. The van der Waals surface area contributed by atoms with E-state index in [1.165, 1.54) is 0 Å². The second-order valence-corrected chi connectivity index (χ2v) is 4.16. The van der Waals surface area contributed by atoms with Crippen LogP contribution in [-0.4, -0.2) is 17.4 Å². The monoisotopic (exact) mass is 270 g/mol. The van der Waals surface area contributed by atoms with E-state index in [1.807, 2.05) is 18.2 Å². The van der Waals surface area contributed by atoms with Gasteiger partial charge >= 0.3 is 6.09 Å². The highest BCUT2D eigenvalue weighted by molar-refractivity contribution is 5.69. The van der Waals surface area contributed by atoms with E-state index >= 15 is 0 Å². The lowest BCUT2D eigenvalue weighted by Gasteiger charge is -2.05. The number of hydrogen-bond acceptors (Lipinski definition) is 4. The average molecular weight is 270 g/mol. The van der Waals surface area contributed by atoms with Crippen molar-refractivity contribution in [2.45, 2.75) is 12.8 Å². The molecule has 102 valence electrons. The summed E-state index contributed by atoms with van der Waals surface area (Å²) in [6.45, 7) is 0. The molecule has 5 heteroatoms. The molecule has 1 heterocycles. The number of aldehydes is 1. The molecule has 2 rings (SSSR count). The summed E-state index contributed by atoms with van der Waals surface area (Å²) >= 11 is 0. The Hall–Kier alpha value is -2.69. The van der Waals surface area contributed by atoms with Gasteiger partial charge in [-0.05, 0) is 42.8 Å². The molecule has 1 aromatic carbocycles. The Morgan fingerprint density at radius 1 is 1.20 bits per heavy atom. The molecule has 5 nitrogen and oxygen atoms in total. The summed E-state index contributed by atoms with van der Waals surface area (Å²) in [6.07, 6.45) is 1.12. The molecule has 0 aliphatic rings. The Kier molecular flexibility index (Phi) is 4.44. The minimum atomic E-state index is -0.841. The molecule has 0 atom stereocenters. The van der Waals surface area contributed by atoms with E-state index in [0.29, 0.717) is 18.6 Å². The minimum absolute atomic E-state index is 0.387. The van der Waals surface area contributed by atoms with Gasteiger partial charge in [0.2, 0.25) is 0 Å². The van der Waals surface area contributed by atoms with Crippen molar-refractivity contribution in [2.75, 3.05) is 0 Å². The predicted molar refractivity (Wildman–Crippen MR) is 74.3 cm³/mol. The molecule has 0 bridgehead atoms. The molecular weight excluding hydrogens is 256 g/mol. The van der Waals surface area contributed by atoms with Crippen LogP contribution in [0.25, 0.3) is 11.3 Å². The number of primary amides is 1. The molecule has 2 aromatic rings. The number of nitrogens with zero attached hydrogens (tertiary/aromatic N) is 1. The second kappa shape index (κ2) is 6.47. The molecule has 0 saturated carbocycles. The summed E-state index contributed by atoms with van der Waals surface area (Å²) < 4.78 is 4.76. The zero-order chi connectivity index (χ0) is 14.4. The topological polar surface area (TPSA) is 82.3 Å². The number of rotatable bonds is 5. The molecule has 1 amide bonds. The van der Waals surface area contributed by atoms with E-state index in [1.54, 1.807) is 24.3 Å². The van der Waals surface area contributed by atoms with Gasteiger partial charge in [0.05, 0.1) is 5.69 Å². The fraction of sp³-hybridized carbons (Fsp3) is 0.133. The lowest BCUT2D eigenvalue weighted by molar-refractivity contribution is -0.107. The van der Waals surface area contributed by atoms with Crippen molar-refractivity contribution in [3.05, 3.63) is 48.2 Å². The van der Waals surface area contributed by atoms with Crippen LogP contribution in [0, 0.1) is 0 Å². The van der Waals surface area contributed by atoms with Crippen molar-refractivity contribution in [1.82, 2.24) is 4.98 Å². The van der Waals surface area contributed by atoms with E-state index in [2.05, 4.69) is 4.98 Å². The Balaban J connectivity index is 2.18. The second-order valence-electron chi connectivity index (χ2n) is 4.16. The number of aryl methyl sites for hydroxylation is 1. The third-order valence-electron chi connectivity index (χ3n) is 2.69. The standard InChI is InChI=1S/C15H14N2O3/c16-15(19)20-13-8-6-11(7-9-13)14-5-1-3-12(17-14)4-2-10-18/h1,3,5-10H,2,4H2,(H2,16,19). The number of ether oxygens (including phenoxy) is 1. The Morgan fingerprint density at radius 2 is 1.95 bits per heavy atom. The van der Waals surface area contributed by atoms with Crippen LogP contribution < -0.4 is 10.5 Å². The van der Waals surface area contributed by atoms with Crippen LogP contribution >= 0.6 is 0 Å². The fourth-order valence-electron chi connectivity index (χ4n) is 1.80. The fourth-order valence-corrected chi connectivity index (χ4v) is 1.80. The van der Waals surface area contributed by atoms with Gasteiger partial charge in [-0.1, -0.05) is 6.07 Å². The number of carbonyl (C=O) groups is 2. The summed E-state index contributed by atoms with van der Waals surface area (Å²) in [4.78, 5) is 25.5. The molecule has 0 radical (unpaired) electrons. The maximum atomic E-state index is 10.6. The van der Waals surface area contributed by atoms with Crippen LogP contribution in [0.15, 0.2) is 42.5 Å². The third-order valence-corrected chi connectivity index (χ3v) is 2.69. The molecule has 0 unspecified atom stereocenters. The van der Waals surface area contributed by atoms with Gasteiger partial charge < -0.3 is 15.3 Å². The SMILES string of the molecule is NC(=O)Oc1ccc(-c2cccc(CCC=O)n2)cc1. The molecule has 0 aliphatic carbocycles. The van der Waals surface area contributed by atoms with E-state index in [9.17, 15) is 9.59 Å². The number of amides is 1. The van der Waals surface area contributed by atoms with E-state index in [-0.39, 0.29) is 0 Å². The van der Waals surface area contributed by atoms with E-state index in [4.69, 9.17) is 10.5 Å². The zero-order valence-electron chi connectivity index (χ0n) is 10.8. The van der Waals surface area contributed by atoms with E-state index in [0.717, 1.165) is 23.2 Å². The summed E-state index contributed by atoms with van der Waals surface area (Å²) in [5, 5.41) is 0. The largest absolute Gasteiger partial charge is 0.411 e. The molecule has 0 fully saturated rings. The number of aromatic nitrogens is 1. The van der Waals surface area contributed by atoms with Gasteiger partial charge in [0.25, 0.3) is 0 Å². The van der Waals surface area contributed by atoms with Gasteiger partial charge in [0.15, 0.2) is 0 Å². The van der Waals surface area contributed by atoms with Crippen LogP contribution in [0.5, 0.6) is 5.75 Å². The highest BCUT2D eigenvalue weighted by Gasteiger charge is 2.03. The van der Waals surface area contributed by atoms with Crippen LogP contribution in [0.4, 0.5) is 4.79 Å². The summed E-state index contributed by atoms with van der Waals surface area (Å²) in [7, 11) is 0. The minimum Gasteiger partial charge on any atom is -0.411 e. The molecule has 2 N–H and O–H groups in total. The first-order chi connectivity index (χ1) is 9.69. The van der Waals surface area contributed by atoms with Crippen molar-refractivity contribution >= 4 is 12.4 Å². The van der Waals surface area contributed by atoms with Crippen molar-refractivity contribution in [3.8, 4) is 17.0 Å². The van der Waals surface area contributed by atoms with Crippen molar-refractivity contribution < 1.29 is 14.3 Å². The van der Waals surface area contributed by atoms with Crippen LogP contribution in [0.2, 0.25) is 0 Å². The van der Waals surface area contributed by atoms with Crippen molar-refractivity contribution in [1.29, 1.82) is 0 Å². The molecule has 20 heavy (non-hydrogen) atoms. The smallest absolute Gasteiger partial charge is 0.409 e. The van der Waals surface area contributed by atoms with Gasteiger partial charge in [0, 0.05) is 17.7 Å². The molecule has 0 saturated heterocycles. The number of hydrogen-bond donors (Lipinski definition) is 1. The highest BCUT2D eigenvalue weighted by atomic mass is 16.5. The van der Waals surface area contributed by atoms with Gasteiger partial charge in [-0.3, -0.25) is 4.98 Å². The van der Waals surface area contributed by atoms with E-state index < -0.39 is 6.09 Å².